The van der Waals surface area contributed by atoms with E-state index in [-0.39, 0.29) is 28.9 Å². The molecule has 2 atom stereocenters. The van der Waals surface area contributed by atoms with Gasteiger partial charge in [0.25, 0.3) is 0 Å². The number of nitrogens with zero attached hydrogens (tertiary/aromatic N) is 1. The lowest BCUT2D eigenvalue weighted by Gasteiger charge is -2.36. The van der Waals surface area contributed by atoms with Crippen LogP contribution in [0, 0.1) is 6.92 Å². The van der Waals surface area contributed by atoms with Crippen molar-refractivity contribution in [3.05, 3.63) is 59.7 Å². The highest BCUT2D eigenvalue weighted by molar-refractivity contribution is 8.01. The third kappa shape index (κ3) is 4.72. The average molecular weight is 383 g/mol. The van der Waals surface area contributed by atoms with Crippen LogP contribution in [0.1, 0.15) is 31.4 Å². The standard InChI is InChI=1S/C22H26N2O2S/c1-15-8-12-19(13-9-15)23-21(25)14-27-17(3)22(26)24-16(2)10-11-18-6-4-5-7-20(18)24/h4-9,12-13,16-17H,10-11,14H2,1-3H3,(H,23,25). The molecule has 27 heavy (non-hydrogen) atoms. The van der Waals surface area contributed by atoms with Gasteiger partial charge >= 0.3 is 0 Å². The van der Waals surface area contributed by atoms with E-state index in [1.54, 1.807) is 0 Å². The summed E-state index contributed by atoms with van der Waals surface area (Å²) in [6, 6.07) is 16.0. The van der Waals surface area contributed by atoms with Crippen molar-refractivity contribution in [1.29, 1.82) is 0 Å². The molecule has 2 amide bonds. The molecule has 1 aliphatic heterocycles. The molecule has 1 N–H and O–H groups in total. The largest absolute Gasteiger partial charge is 0.325 e. The molecule has 0 aliphatic carbocycles. The lowest BCUT2D eigenvalue weighted by molar-refractivity contribution is -0.118. The second-order valence-corrected chi connectivity index (χ2v) is 8.42. The first kappa shape index (κ1) is 19.5. The summed E-state index contributed by atoms with van der Waals surface area (Å²) in [4.78, 5) is 27.2. The maximum absolute atomic E-state index is 13.1. The summed E-state index contributed by atoms with van der Waals surface area (Å²) in [7, 11) is 0. The van der Waals surface area contributed by atoms with Gasteiger partial charge in [0, 0.05) is 17.4 Å². The molecule has 1 aliphatic rings. The fourth-order valence-electron chi connectivity index (χ4n) is 3.33. The number of thioether (sulfide) groups is 1. The summed E-state index contributed by atoms with van der Waals surface area (Å²) in [5.41, 5.74) is 4.16. The Morgan fingerprint density at radius 1 is 1.19 bits per heavy atom. The smallest absolute Gasteiger partial charge is 0.240 e. The summed E-state index contributed by atoms with van der Waals surface area (Å²) < 4.78 is 0. The van der Waals surface area contributed by atoms with Crippen molar-refractivity contribution in [1.82, 2.24) is 0 Å². The Morgan fingerprint density at radius 3 is 2.63 bits per heavy atom. The summed E-state index contributed by atoms with van der Waals surface area (Å²) in [5, 5.41) is 2.61. The molecule has 0 aromatic heterocycles. The van der Waals surface area contributed by atoms with Gasteiger partial charge in [0.1, 0.15) is 0 Å². The number of hydrogen-bond donors (Lipinski definition) is 1. The number of amides is 2. The molecule has 0 saturated carbocycles. The number of aryl methyl sites for hydroxylation is 2. The van der Waals surface area contributed by atoms with E-state index in [9.17, 15) is 9.59 Å². The number of para-hydroxylation sites is 1. The van der Waals surface area contributed by atoms with Crippen molar-refractivity contribution in [2.75, 3.05) is 16.0 Å². The number of anilines is 2. The molecule has 0 fully saturated rings. The number of nitrogens with one attached hydrogen (secondary N) is 1. The van der Waals surface area contributed by atoms with Gasteiger partial charge in [-0.15, -0.1) is 11.8 Å². The van der Waals surface area contributed by atoms with Crippen molar-refractivity contribution < 1.29 is 9.59 Å². The molecule has 0 radical (unpaired) electrons. The SMILES string of the molecule is Cc1ccc(NC(=O)CSC(C)C(=O)N2c3ccccc3CCC2C)cc1. The van der Waals surface area contributed by atoms with Gasteiger partial charge in [-0.05, 0) is 57.4 Å². The lowest BCUT2D eigenvalue weighted by atomic mass is 9.96. The summed E-state index contributed by atoms with van der Waals surface area (Å²) >= 11 is 1.38. The highest BCUT2D eigenvalue weighted by Gasteiger charge is 2.31. The first-order chi connectivity index (χ1) is 13.0. The number of fused-ring (bicyclic) bond motifs is 1. The molecule has 2 unspecified atom stereocenters. The zero-order valence-electron chi connectivity index (χ0n) is 16.1. The van der Waals surface area contributed by atoms with Gasteiger partial charge in [-0.3, -0.25) is 9.59 Å². The van der Waals surface area contributed by atoms with Gasteiger partial charge in [0.2, 0.25) is 11.8 Å². The van der Waals surface area contributed by atoms with Gasteiger partial charge in [-0.1, -0.05) is 35.9 Å². The summed E-state index contributed by atoms with van der Waals surface area (Å²) in [5.74, 6) is 0.239. The fraction of sp³-hybridized carbons (Fsp3) is 0.364. The Morgan fingerprint density at radius 2 is 1.89 bits per heavy atom. The number of carbonyl (C=O) groups is 2. The van der Waals surface area contributed by atoms with Gasteiger partial charge in [-0.2, -0.15) is 0 Å². The predicted molar refractivity (Wildman–Crippen MR) is 113 cm³/mol. The minimum atomic E-state index is -0.276. The van der Waals surface area contributed by atoms with E-state index in [1.807, 2.05) is 61.2 Å². The van der Waals surface area contributed by atoms with Gasteiger partial charge in [-0.25, -0.2) is 0 Å². The number of rotatable bonds is 5. The Hall–Kier alpha value is -2.27. The highest BCUT2D eigenvalue weighted by atomic mass is 32.2. The van der Waals surface area contributed by atoms with Crippen LogP contribution in [0.3, 0.4) is 0 Å². The molecule has 3 rings (SSSR count). The highest BCUT2D eigenvalue weighted by Crippen LogP contribution is 2.32. The first-order valence-electron chi connectivity index (χ1n) is 9.35. The quantitative estimate of drug-likeness (QED) is 0.833. The Kier molecular flexibility index (Phi) is 6.22. The molecule has 0 spiro atoms. The van der Waals surface area contributed by atoms with Crippen LogP contribution in [0.4, 0.5) is 11.4 Å². The van der Waals surface area contributed by atoms with E-state index in [4.69, 9.17) is 0 Å². The molecule has 5 heteroatoms. The molecule has 0 bridgehead atoms. The third-order valence-electron chi connectivity index (χ3n) is 4.91. The number of benzene rings is 2. The molecule has 4 nitrogen and oxygen atoms in total. The molecule has 2 aromatic rings. The van der Waals surface area contributed by atoms with Crippen molar-refractivity contribution in [2.45, 2.75) is 44.9 Å². The number of hydrogen-bond acceptors (Lipinski definition) is 3. The van der Waals surface area contributed by atoms with Crippen molar-refractivity contribution in [3.63, 3.8) is 0 Å². The minimum Gasteiger partial charge on any atom is -0.325 e. The molecular formula is C22H26N2O2S. The van der Waals surface area contributed by atoms with E-state index >= 15 is 0 Å². The molecule has 1 heterocycles. The summed E-state index contributed by atoms with van der Waals surface area (Å²) in [6.45, 7) is 5.99. The Labute approximate surface area is 165 Å². The van der Waals surface area contributed by atoms with Crippen LogP contribution in [0.2, 0.25) is 0 Å². The van der Waals surface area contributed by atoms with Crippen LogP contribution in [0.15, 0.2) is 48.5 Å². The third-order valence-corrected chi connectivity index (χ3v) is 6.04. The van der Waals surface area contributed by atoms with Crippen molar-refractivity contribution in [3.8, 4) is 0 Å². The maximum Gasteiger partial charge on any atom is 0.240 e. The lowest BCUT2D eigenvalue weighted by Crippen LogP contribution is -2.45. The van der Waals surface area contributed by atoms with Crippen molar-refractivity contribution >= 4 is 35.0 Å². The molecule has 0 saturated heterocycles. The predicted octanol–water partition coefficient (Wildman–Crippen LogP) is 4.42. The van der Waals surface area contributed by atoms with Crippen LogP contribution < -0.4 is 10.2 Å². The molecular weight excluding hydrogens is 356 g/mol. The monoisotopic (exact) mass is 382 g/mol. The van der Waals surface area contributed by atoms with E-state index < -0.39 is 0 Å². The second kappa shape index (κ2) is 8.61. The van der Waals surface area contributed by atoms with Gasteiger partial charge in [0.05, 0.1) is 11.0 Å². The van der Waals surface area contributed by atoms with Gasteiger partial charge < -0.3 is 10.2 Å². The molecule has 2 aromatic carbocycles. The van der Waals surface area contributed by atoms with Crippen LogP contribution in [0.5, 0.6) is 0 Å². The number of carbonyl (C=O) groups excluding carboxylic acids is 2. The summed E-state index contributed by atoms with van der Waals surface area (Å²) in [6.07, 6.45) is 1.97. The fourth-order valence-corrected chi connectivity index (χ4v) is 4.06. The zero-order chi connectivity index (χ0) is 19.4. The van der Waals surface area contributed by atoms with Gasteiger partial charge in [0.15, 0.2) is 0 Å². The molecule has 142 valence electrons. The van der Waals surface area contributed by atoms with E-state index in [0.717, 1.165) is 29.8 Å². The van der Waals surface area contributed by atoms with Crippen LogP contribution in [0.25, 0.3) is 0 Å². The Bertz CT molecular complexity index is 819. The zero-order valence-corrected chi connectivity index (χ0v) is 16.9. The van der Waals surface area contributed by atoms with Crippen LogP contribution in [-0.4, -0.2) is 28.9 Å². The first-order valence-corrected chi connectivity index (χ1v) is 10.4. The second-order valence-electron chi connectivity index (χ2n) is 7.09. The normalized spacial score (nSPS) is 17.1. The average Bonchev–Trinajstić information content (AvgIpc) is 2.67. The minimum absolute atomic E-state index is 0.0720. The van der Waals surface area contributed by atoms with Crippen LogP contribution >= 0.6 is 11.8 Å². The Balaban J connectivity index is 1.59. The maximum atomic E-state index is 13.1. The van der Waals surface area contributed by atoms with Crippen LogP contribution in [-0.2, 0) is 16.0 Å². The van der Waals surface area contributed by atoms with E-state index in [1.165, 1.54) is 17.3 Å². The van der Waals surface area contributed by atoms with Crippen molar-refractivity contribution in [2.24, 2.45) is 0 Å². The van der Waals surface area contributed by atoms with E-state index in [2.05, 4.69) is 18.3 Å². The van der Waals surface area contributed by atoms with E-state index in [0.29, 0.717) is 0 Å². The topological polar surface area (TPSA) is 49.4 Å².